The summed E-state index contributed by atoms with van der Waals surface area (Å²) < 4.78 is 5.76. The van der Waals surface area contributed by atoms with Crippen molar-refractivity contribution in [2.45, 2.75) is 39.0 Å². The Hall–Kier alpha value is -1.20. The van der Waals surface area contributed by atoms with Crippen LogP contribution in [0.15, 0.2) is 24.3 Å². The lowest BCUT2D eigenvalue weighted by molar-refractivity contribution is -0.122. The molecule has 1 aliphatic rings. The van der Waals surface area contributed by atoms with E-state index in [4.69, 9.17) is 4.74 Å². The van der Waals surface area contributed by atoms with E-state index in [-0.39, 0.29) is 17.6 Å². The van der Waals surface area contributed by atoms with E-state index < -0.39 is 0 Å². The van der Waals surface area contributed by atoms with E-state index in [1.807, 2.05) is 45.0 Å². The summed E-state index contributed by atoms with van der Waals surface area (Å²) in [4.78, 5) is 11.9. The summed E-state index contributed by atoms with van der Waals surface area (Å²) in [6, 6.07) is 7.80. The maximum Gasteiger partial charge on any atom is 0.238 e. The zero-order valence-corrected chi connectivity index (χ0v) is 13.0. The molecule has 1 aromatic carbocycles. The van der Waals surface area contributed by atoms with Crippen LogP contribution < -0.4 is 15.4 Å². The van der Waals surface area contributed by atoms with Gasteiger partial charge < -0.3 is 10.1 Å². The molecule has 1 atom stereocenters. The third kappa shape index (κ3) is 4.72. The average molecular weight is 294 g/mol. The summed E-state index contributed by atoms with van der Waals surface area (Å²) >= 11 is 1.75. The molecule has 1 aliphatic heterocycles. The zero-order chi connectivity index (χ0) is 14.6. The molecule has 0 saturated carbocycles. The highest BCUT2D eigenvalue weighted by atomic mass is 32.2. The fourth-order valence-electron chi connectivity index (χ4n) is 1.90. The van der Waals surface area contributed by atoms with Crippen molar-refractivity contribution in [1.29, 1.82) is 0 Å². The van der Waals surface area contributed by atoms with Gasteiger partial charge in [-0.25, -0.2) is 0 Å². The van der Waals surface area contributed by atoms with E-state index in [1.54, 1.807) is 11.8 Å². The van der Waals surface area contributed by atoms with Crippen LogP contribution in [0.5, 0.6) is 5.75 Å². The first-order valence-electron chi connectivity index (χ1n) is 6.81. The molecule has 4 nitrogen and oxygen atoms in total. The second-order valence-electron chi connectivity index (χ2n) is 5.85. The van der Waals surface area contributed by atoms with Gasteiger partial charge in [-0.05, 0) is 38.5 Å². The summed E-state index contributed by atoms with van der Waals surface area (Å²) in [5, 5.41) is 6.11. The second kappa shape index (κ2) is 6.50. The van der Waals surface area contributed by atoms with Crippen molar-refractivity contribution in [2.75, 3.05) is 11.6 Å². The number of rotatable bonds is 4. The number of thioether (sulfide) groups is 1. The normalized spacial score (nSPS) is 18.9. The van der Waals surface area contributed by atoms with Crippen molar-refractivity contribution in [3.8, 4) is 5.75 Å². The van der Waals surface area contributed by atoms with Crippen molar-refractivity contribution < 1.29 is 9.53 Å². The quantitative estimate of drug-likeness (QED) is 0.893. The molecule has 1 amide bonds. The van der Waals surface area contributed by atoms with Crippen molar-refractivity contribution in [2.24, 2.45) is 0 Å². The Morgan fingerprint density at radius 2 is 2.10 bits per heavy atom. The van der Waals surface area contributed by atoms with Gasteiger partial charge in [0, 0.05) is 18.2 Å². The highest BCUT2D eigenvalue weighted by molar-refractivity contribution is 7.99. The van der Waals surface area contributed by atoms with E-state index in [0.717, 1.165) is 22.9 Å². The number of amides is 1. The predicted molar refractivity (Wildman–Crippen MR) is 82.9 cm³/mol. The molecule has 1 fully saturated rings. The van der Waals surface area contributed by atoms with Crippen LogP contribution >= 0.6 is 11.8 Å². The molecular formula is C15H22N2O2S. The minimum absolute atomic E-state index is 0.0523. The molecule has 1 saturated heterocycles. The second-order valence-corrected chi connectivity index (χ2v) is 6.88. The molecule has 2 N–H and O–H groups in total. The van der Waals surface area contributed by atoms with Gasteiger partial charge in [0.05, 0.1) is 6.04 Å². The van der Waals surface area contributed by atoms with Gasteiger partial charge in [0.1, 0.15) is 11.4 Å². The molecule has 0 aromatic heterocycles. The fourth-order valence-corrected chi connectivity index (χ4v) is 2.85. The number of carbonyl (C=O) groups is 1. The van der Waals surface area contributed by atoms with E-state index in [9.17, 15) is 4.79 Å². The number of hydrogen-bond acceptors (Lipinski definition) is 4. The van der Waals surface area contributed by atoms with Gasteiger partial charge >= 0.3 is 0 Å². The number of carbonyl (C=O) groups excluding carboxylic acids is 1. The monoisotopic (exact) mass is 294 g/mol. The zero-order valence-electron chi connectivity index (χ0n) is 12.2. The van der Waals surface area contributed by atoms with Crippen LogP contribution in [0, 0.1) is 0 Å². The summed E-state index contributed by atoms with van der Waals surface area (Å²) in [7, 11) is 0. The number of benzene rings is 1. The van der Waals surface area contributed by atoms with Gasteiger partial charge in [0.2, 0.25) is 5.91 Å². The largest absolute Gasteiger partial charge is 0.488 e. The minimum Gasteiger partial charge on any atom is -0.488 e. The van der Waals surface area contributed by atoms with Gasteiger partial charge in [0.15, 0.2) is 0 Å². The van der Waals surface area contributed by atoms with Crippen molar-refractivity contribution in [3.63, 3.8) is 0 Å². The maximum absolute atomic E-state index is 11.9. The molecule has 1 aromatic rings. The first-order valence-corrected chi connectivity index (χ1v) is 7.96. The lowest BCUT2D eigenvalue weighted by Crippen LogP contribution is -2.41. The molecule has 110 valence electrons. The Labute approximate surface area is 124 Å². The van der Waals surface area contributed by atoms with E-state index in [1.165, 1.54) is 0 Å². The Kier molecular flexibility index (Phi) is 4.94. The maximum atomic E-state index is 11.9. The molecule has 0 bridgehead atoms. The van der Waals surface area contributed by atoms with Crippen LogP contribution in [-0.4, -0.2) is 29.2 Å². The van der Waals surface area contributed by atoms with E-state index in [2.05, 4.69) is 10.6 Å². The molecule has 5 heteroatoms. The third-order valence-corrected chi connectivity index (χ3v) is 3.79. The molecular weight excluding hydrogens is 272 g/mol. The van der Waals surface area contributed by atoms with Crippen LogP contribution in [0.4, 0.5) is 0 Å². The molecule has 2 rings (SSSR count). The molecule has 20 heavy (non-hydrogen) atoms. The lowest BCUT2D eigenvalue weighted by Gasteiger charge is -2.21. The van der Waals surface area contributed by atoms with Gasteiger partial charge in [-0.2, -0.15) is 0 Å². The first-order chi connectivity index (χ1) is 9.44. The predicted octanol–water partition coefficient (Wildman–Crippen LogP) is 2.14. The number of hydrogen-bond donors (Lipinski definition) is 2. The minimum atomic E-state index is -0.193. The van der Waals surface area contributed by atoms with Crippen LogP contribution in [-0.2, 0) is 11.3 Å². The van der Waals surface area contributed by atoms with Crippen molar-refractivity contribution in [1.82, 2.24) is 10.6 Å². The van der Waals surface area contributed by atoms with Crippen LogP contribution in [0.1, 0.15) is 26.3 Å². The third-order valence-electron chi connectivity index (χ3n) is 2.85. The SMILES string of the molecule is CC(C)(C)Oc1ccc(CNC(=O)C2CSCN2)cc1. The molecule has 0 aliphatic carbocycles. The smallest absolute Gasteiger partial charge is 0.238 e. The van der Waals surface area contributed by atoms with Crippen molar-refractivity contribution >= 4 is 17.7 Å². The highest BCUT2D eigenvalue weighted by Crippen LogP contribution is 2.18. The molecule has 0 radical (unpaired) electrons. The van der Waals surface area contributed by atoms with E-state index in [0.29, 0.717) is 6.54 Å². The lowest BCUT2D eigenvalue weighted by atomic mass is 10.1. The number of ether oxygens (including phenoxy) is 1. The molecule has 1 heterocycles. The Balaban J connectivity index is 1.83. The Morgan fingerprint density at radius 3 is 2.65 bits per heavy atom. The molecule has 1 unspecified atom stereocenters. The summed E-state index contributed by atoms with van der Waals surface area (Å²) in [5.74, 6) is 2.63. The Morgan fingerprint density at radius 1 is 1.40 bits per heavy atom. The highest BCUT2D eigenvalue weighted by Gasteiger charge is 2.21. The fraction of sp³-hybridized carbons (Fsp3) is 0.533. The average Bonchev–Trinajstić information content (AvgIpc) is 2.89. The van der Waals surface area contributed by atoms with Crippen molar-refractivity contribution in [3.05, 3.63) is 29.8 Å². The van der Waals surface area contributed by atoms with Crippen LogP contribution in [0.3, 0.4) is 0 Å². The van der Waals surface area contributed by atoms with Crippen LogP contribution in [0.2, 0.25) is 0 Å². The van der Waals surface area contributed by atoms with Gasteiger partial charge in [-0.3, -0.25) is 10.1 Å². The van der Waals surface area contributed by atoms with E-state index >= 15 is 0 Å². The first kappa shape index (κ1) is 15.2. The summed E-state index contributed by atoms with van der Waals surface area (Å²) in [5.41, 5.74) is 0.881. The topological polar surface area (TPSA) is 50.4 Å². The van der Waals surface area contributed by atoms with Gasteiger partial charge in [-0.15, -0.1) is 11.8 Å². The number of nitrogens with one attached hydrogen (secondary N) is 2. The molecule has 0 spiro atoms. The summed E-state index contributed by atoms with van der Waals surface area (Å²) in [6.45, 7) is 6.62. The van der Waals surface area contributed by atoms with Crippen LogP contribution in [0.25, 0.3) is 0 Å². The van der Waals surface area contributed by atoms with Gasteiger partial charge in [-0.1, -0.05) is 12.1 Å². The van der Waals surface area contributed by atoms with Gasteiger partial charge in [0.25, 0.3) is 0 Å². The summed E-state index contributed by atoms with van der Waals surface area (Å²) in [6.07, 6.45) is 0. The standard InChI is InChI=1S/C15H22N2O2S/c1-15(2,3)19-12-6-4-11(5-7-12)8-16-14(18)13-9-20-10-17-13/h4-7,13,17H,8-10H2,1-3H3,(H,16,18). The Bertz CT molecular complexity index is 448.